The Bertz CT molecular complexity index is 1290. The summed E-state index contributed by atoms with van der Waals surface area (Å²) in [4.78, 5) is 16.8. The van der Waals surface area contributed by atoms with Gasteiger partial charge in [0, 0.05) is 25.2 Å². The minimum absolute atomic E-state index is 0.0699. The monoisotopic (exact) mass is 463 g/mol. The zero-order valence-electron chi connectivity index (χ0n) is 18.8. The molecule has 0 N–H and O–H groups in total. The summed E-state index contributed by atoms with van der Waals surface area (Å²) in [5.41, 5.74) is 2.70. The van der Waals surface area contributed by atoms with E-state index in [4.69, 9.17) is 14.7 Å². The number of aryl methyl sites for hydroxylation is 2. The lowest BCUT2D eigenvalue weighted by Crippen LogP contribution is -2.47. The lowest BCUT2D eigenvalue weighted by atomic mass is 10.0. The summed E-state index contributed by atoms with van der Waals surface area (Å²) >= 11 is 1.58. The van der Waals surface area contributed by atoms with Gasteiger partial charge in [0.05, 0.1) is 36.6 Å². The first-order chi connectivity index (χ1) is 16.2. The maximum atomic E-state index is 5.87. The molecule has 2 aliphatic rings. The molecule has 4 aromatic rings. The highest BCUT2D eigenvalue weighted by Crippen LogP contribution is 2.42. The molecular formula is C22H25N9OS. The zero-order valence-corrected chi connectivity index (χ0v) is 19.7. The van der Waals surface area contributed by atoms with Crippen LogP contribution in [0.4, 0.5) is 5.82 Å². The van der Waals surface area contributed by atoms with Crippen molar-refractivity contribution in [2.24, 2.45) is 7.05 Å². The maximum Gasteiger partial charge on any atom is 0.165 e. The van der Waals surface area contributed by atoms with Gasteiger partial charge in [-0.3, -0.25) is 9.25 Å². The predicted molar refractivity (Wildman–Crippen MR) is 124 cm³/mol. The summed E-state index contributed by atoms with van der Waals surface area (Å²) in [5, 5.41) is 16.3. The average molecular weight is 464 g/mol. The Labute approximate surface area is 195 Å². The fourth-order valence-corrected chi connectivity index (χ4v) is 5.68. The fourth-order valence-electron chi connectivity index (χ4n) is 4.95. The van der Waals surface area contributed by atoms with Crippen molar-refractivity contribution in [3.63, 3.8) is 0 Å². The minimum atomic E-state index is 0.0699. The molecule has 1 saturated heterocycles. The van der Waals surface area contributed by atoms with Gasteiger partial charge in [0.25, 0.3) is 0 Å². The van der Waals surface area contributed by atoms with E-state index in [2.05, 4.69) is 36.7 Å². The number of rotatable bonds is 4. The van der Waals surface area contributed by atoms with Gasteiger partial charge in [-0.2, -0.15) is 5.10 Å². The molecular weight excluding hydrogens is 438 g/mol. The SMILES string of the molecule is CC[C@@H]1c2nnc(C)n2-c2cnc(-c3cnn(C)c3-c3nccs3)nc2N1C1CCCOC1. The van der Waals surface area contributed by atoms with Crippen molar-refractivity contribution in [3.8, 4) is 27.8 Å². The van der Waals surface area contributed by atoms with Gasteiger partial charge in [-0.1, -0.05) is 6.92 Å². The Hall–Kier alpha value is -3.18. The minimum Gasteiger partial charge on any atom is -0.379 e. The topological polar surface area (TPSA) is 99.7 Å². The number of aromatic nitrogens is 8. The molecule has 0 radical (unpaired) electrons. The molecule has 2 atom stereocenters. The van der Waals surface area contributed by atoms with Crippen LogP contribution >= 0.6 is 11.3 Å². The normalized spacial score (nSPS) is 20.0. The molecule has 10 nitrogen and oxygen atoms in total. The van der Waals surface area contributed by atoms with Crippen LogP contribution in [-0.4, -0.2) is 58.8 Å². The molecule has 11 heteroatoms. The van der Waals surface area contributed by atoms with Gasteiger partial charge in [0.15, 0.2) is 17.5 Å². The first-order valence-corrected chi connectivity index (χ1v) is 12.1. The molecule has 0 bridgehead atoms. The molecule has 0 spiro atoms. The average Bonchev–Trinajstić information content (AvgIpc) is 3.59. The van der Waals surface area contributed by atoms with Crippen molar-refractivity contribution in [3.05, 3.63) is 35.6 Å². The second-order valence-corrected chi connectivity index (χ2v) is 9.31. The smallest absolute Gasteiger partial charge is 0.165 e. The largest absolute Gasteiger partial charge is 0.379 e. The fraction of sp³-hybridized carbons (Fsp3) is 0.455. The Kier molecular flexibility index (Phi) is 4.95. The Balaban J connectivity index is 1.54. The first kappa shape index (κ1) is 20.4. The number of thiazole rings is 1. The Morgan fingerprint density at radius 1 is 1.21 bits per heavy atom. The van der Waals surface area contributed by atoms with E-state index < -0.39 is 0 Å². The van der Waals surface area contributed by atoms with Gasteiger partial charge in [0.1, 0.15) is 22.2 Å². The van der Waals surface area contributed by atoms with Crippen LogP contribution in [-0.2, 0) is 11.8 Å². The van der Waals surface area contributed by atoms with Crippen molar-refractivity contribution < 1.29 is 4.74 Å². The lowest BCUT2D eigenvalue weighted by Gasteiger charge is -2.43. The van der Waals surface area contributed by atoms with Crippen molar-refractivity contribution in [1.82, 2.24) is 39.5 Å². The Morgan fingerprint density at radius 3 is 2.88 bits per heavy atom. The van der Waals surface area contributed by atoms with Gasteiger partial charge in [0.2, 0.25) is 0 Å². The molecule has 0 saturated carbocycles. The molecule has 1 unspecified atom stereocenters. The van der Waals surface area contributed by atoms with Gasteiger partial charge in [-0.05, 0) is 26.2 Å². The van der Waals surface area contributed by atoms with Crippen LogP contribution in [0.25, 0.3) is 27.8 Å². The summed E-state index contributed by atoms with van der Waals surface area (Å²) < 4.78 is 9.80. The van der Waals surface area contributed by atoms with Crippen LogP contribution < -0.4 is 4.90 Å². The second-order valence-electron chi connectivity index (χ2n) is 8.41. The second kappa shape index (κ2) is 7.99. The van der Waals surface area contributed by atoms with Crippen LogP contribution in [0, 0.1) is 6.92 Å². The van der Waals surface area contributed by atoms with Crippen LogP contribution in [0.3, 0.4) is 0 Å². The quantitative estimate of drug-likeness (QED) is 0.454. The van der Waals surface area contributed by atoms with E-state index in [1.165, 1.54) is 0 Å². The molecule has 0 amide bonds. The number of ether oxygens (including phenoxy) is 1. The van der Waals surface area contributed by atoms with Gasteiger partial charge in [-0.15, -0.1) is 21.5 Å². The van der Waals surface area contributed by atoms with E-state index in [9.17, 15) is 0 Å². The van der Waals surface area contributed by atoms with E-state index in [0.717, 1.165) is 65.3 Å². The zero-order chi connectivity index (χ0) is 22.5. The standard InChI is InChI=1S/C22H25N9OS/c1-4-16-21-28-27-13(2)30(21)17-11-24-19(26-20(17)31(16)14-6-5-8-32-12-14)15-10-25-29(3)18(15)22-23-7-9-33-22/h7,9-11,14,16H,4-6,8,12H2,1-3H3/t14?,16-/m1/s1. The molecule has 33 heavy (non-hydrogen) atoms. The summed E-state index contributed by atoms with van der Waals surface area (Å²) in [6.45, 7) is 5.65. The number of hydrogen-bond donors (Lipinski definition) is 0. The third kappa shape index (κ3) is 3.17. The molecule has 4 aromatic heterocycles. The van der Waals surface area contributed by atoms with E-state index in [1.807, 2.05) is 36.4 Å². The summed E-state index contributed by atoms with van der Waals surface area (Å²) in [7, 11) is 1.92. The third-order valence-corrected chi connectivity index (χ3v) is 7.23. The summed E-state index contributed by atoms with van der Waals surface area (Å²) in [5.74, 6) is 3.31. The highest BCUT2D eigenvalue weighted by Gasteiger charge is 2.39. The molecule has 1 fully saturated rings. The number of fused-ring (bicyclic) bond motifs is 3. The predicted octanol–water partition coefficient (Wildman–Crippen LogP) is 3.34. The third-order valence-electron chi connectivity index (χ3n) is 6.45. The first-order valence-electron chi connectivity index (χ1n) is 11.2. The molecule has 0 aliphatic carbocycles. The Morgan fingerprint density at radius 2 is 2.12 bits per heavy atom. The van der Waals surface area contributed by atoms with Crippen LogP contribution in [0.1, 0.15) is 43.9 Å². The van der Waals surface area contributed by atoms with Gasteiger partial charge < -0.3 is 9.64 Å². The van der Waals surface area contributed by atoms with Crippen molar-refractivity contribution in [2.45, 2.75) is 45.2 Å². The number of anilines is 1. The molecule has 6 heterocycles. The summed E-state index contributed by atoms with van der Waals surface area (Å²) in [6.07, 6.45) is 8.50. The molecule has 170 valence electrons. The lowest BCUT2D eigenvalue weighted by molar-refractivity contribution is 0.0756. The van der Waals surface area contributed by atoms with Crippen LogP contribution in [0.15, 0.2) is 24.0 Å². The molecule has 0 aromatic carbocycles. The number of hydrogen-bond acceptors (Lipinski definition) is 9. The van der Waals surface area contributed by atoms with Crippen LogP contribution in [0.2, 0.25) is 0 Å². The molecule has 6 rings (SSSR count). The number of nitrogens with zero attached hydrogens (tertiary/aromatic N) is 9. The van der Waals surface area contributed by atoms with E-state index in [1.54, 1.807) is 17.5 Å². The van der Waals surface area contributed by atoms with Crippen molar-refractivity contribution >= 4 is 17.2 Å². The van der Waals surface area contributed by atoms with Crippen molar-refractivity contribution in [2.75, 3.05) is 18.1 Å². The van der Waals surface area contributed by atoms with Gasteiger partial charge in [-0.25, -0.2) is 15.0 Å². The van der Waals surface area contributed by atoms with E-state index >= 15 is 0 Å². The molecule has 2 aliphatic heterocycles. The van der Waals surface area contributed by atoms with E-state index in [-0.39, 0.29) is 12.1 Å². The maximum absolute atomic E-state index is 5.87. The van der Waals surface area contributed by atoms with Crippen LogP contribution in [0.5, 0.6) is 0 Å². The highest BCUT2D eigenvalue weighted by molar-refractivity contribution is 7.13. The summed E-state index contributed by atoms with van der Waals surface area (Å²) in [6, 6.07) is 0.295. The highest BCUT2D eigenvalue weighted by atomic mass is 32.1. The van der Waals surface area contributed by atoms with Gasteiger partial charge >= 0.3 is 0 Å². The van der Waals surface area contributed by atoms with Crippen molar-refractivity contribution in [1.29, 1.82) is 0 Å². The van der Waals surface area contributed by atoms with E-state index in [0.29, 0.717) is 12.4 Å².